The van der Waals surface area contributed by atoms with E-state index in [1.807, 2.05) is 0 Å². The lowest BCUT2D eigenvalue weighted by Crippen LogP contribution is -2.10. The summed E-state index contributed by atoms with van der Waals surface area (Å²) in [7, 11) is 0. The van der Waals surface area contributed by atoms with E-state index in [9.17, 15) is 0 Å². The highest BCUT2D eigenvalue weighted by molar-refractivity contribution is 7.71. The Hall–Kier alpha value is -0.940. The van der Waals surface area contributed by atoms with E-state index in [0.29, 0.717) is 4.77 Å². The molecule has 4 nitrogen and oxygen atoms in total. The molecule has 1 saturated heterocycles. The fourth-order valence-electron chi connectivity index (χ4n) is 2.63. The van der Waals surface area contributed by atoms with Gasteiger partial charge in [0.25, 0.3) is 0 Å². The van der Waals surface area contributed by atoms with Gasteiger partial charge < -0.3 is 15.0 Å². The van der Waals surface area contributed by atoms with Crippen molar-refractivity contribution < 1.29 is 4.74 Å². The Labute approximate surface area is 106 Å². The smallest absolute Gasteiger partial charge is 0.199 e. The lowest BCUT2D eigenvalue weighted by molar-refractivity contribution is 0.107. The van der Waals surface area contributed by atoms with Gasteiger partial charge in [-0.1, -0.05) is 0 Å². The van der Waals surface area contributed by atoms with Crippen molar-refractivity contribution in [3.63, 3.8) is 0 Å². The zero-order valence-corrected chi connectivity index (χ0v) is 10.6. The summed E-state index contributed by atoms with van der Waals surface area (Å²) in [6, 6.07) is 0. The Morgan fingerprint density at radius 1 is 1.29 bits per heavy atom. The maximum atomic E-state index is 5.77. The van der Waals surface area contributed by atoms with Crippen molar-refractivity contribution in [2.75, 3.05) is 18.5 Å². The molecule has 0 amide bonds. The van der Waals surface area contributed by atoms with Crippen LogP contribution in [0.2, 0.25) is 0 Å². The number of ether oxygens (including phenoxy) is 1. The van der Waals surface area contributed by atoms with Gasteiger partial charge in [-0.2, -0.15) is 0 Å². The first-order chi connectivity index (χ1) is 8.34. The predicted molar refractivity (Wildman–Crippen MR) is 68.8 cm³/mol. The highest BCUT2D eigenvalue weighted by Gasteiger charge is 2.24. The molecule has 1 unspecified atom stereocenters. The van der Waals surface area contributed by atoms with Crippen molar-refractivity contribution in [1.29, 1.82) is 0 Å². The van der Waals surface area contributed by atoms with E-state index in [1.54, 1.807) is 0 Å². The monoisotopic (exact) mass is 251 g/mol. The minimum Gasteiger partial charge on any atom is -0.372 e. The van der Waals surface area contributed by atoms with E-state index >= 15 is 0 Å². The normalized spacial score (nSPS) is 23.9. The van der Waals surface area contributed by atoms with Crippen molar-refractivity contribution in [1.82, 2.24) is 9.97 Å². The van der Waals surface area contributed by atoms with Crippen LogP contribution in [0.25, 0.3) is 0 Å². The predicted octanol–water partition coefficient (Wildman–Crippen LogP) is 2.74. The number of hydrogen-bond donors (Lipinski definition) is 2. The number of hydrogen-bond acceptors (Lipinski definition) is 4. The van der Waals surface area contributed by atoms with Gasteiger partial charge in [0.05, 0.1) is 11.8 Å². The lowest BCUT2D eigenvalue weighted by atomic mass is 10.0. The molecule has 2 aliphatic heterocycles. The average Bonchev–Trinajstić information content (AvgIpc) is 2.74. The molecule has 0 bridgehead atoms. The standard InChI is InChI=1S/C12H17N3OS/c17-12-14-10(9-5-3-7-16-9)8-4-1-2-6-13-11(8)15-12/h9H,1-7H2,(H2,13,14,15,17). The van der Waals surface area contributed by atoms with Gasteiger partial charge >= 0.3 is 0 Å². The van der Waals surface area contributed by atoms with Crippen LogP contribution in [0.1, 0.15) is 43.0 Å². The van der Waals surface area contributed by atoms with Crippen LogP contribution in [0.4, 0.5) is 5.82 Å². The summed E-state index contributed by atoms with van der Waals surface area (Å²) in [6.07, 6.45) is 5.86. The highest BCUT2D eigenvalue weighted by Crippen LogP contribution is 2.33. The van der Waals surface area contributed by atoms with E-state index in [-0.39, 0.29) is 6.10 Å². The maximum absolute atomic E-state index is 5.77. The molecule has 1 atom stereocenters. The van der Waals surface area contributed by atoms with Crippen LogP contribution < -0.4 is 5.32 Å². The molecule has 0 aromatic carbocycles. The molecule has 17 heavy (non-hydrogen) atoms. The lowest BCUT2D eigenvalue weighted by Gasteiger charge is -2.16. The molecule has 2 aliphatic rings. The van der Waals surface area contributed by atoms with E-state index in [4.69, 9.17) is 17.0 Å². The molecule has 1 aromatic rings. The van der Waals surface area contributed by atoms with Gasteiger partial charge in [0.15, 0.2) is 4.77 Å². The summed E-state index contributed by atoms with van der Waals surface area (Å²) >= 11 is 5.20. The molecular weight excluding hydrogens is 234 g/mol. The maximum Gasteiger partial charge on any atom is 0.199 e. The summed E-state index contributed by atoms with van der Waals surface area (Å²) in [5.74, 6) is 0.969. The van der Waals surface area contributed by atoms with Gasteiger partial charge in [-0.25, -0.2) is 4.98 Å². The molecule has 2 N–H and O–H groups in total. The summed E-state index contributed by atoms with van der Waals surface area (Å²) in [5, 5.41) is 3.38. The molecule has 1 aromatic heterocycles. The fourth-order valence-corrected chi connectivity index (χ4v) is 2.83. The molecular formula is C12H17N3OS. The number of nitrogens with zero attached hydrogens (tertiary/aromatic N) is 1. The van der Waals surface area contributed by atoms with Crippen molar-refractivity contribution in [3.05, 3.63) is 16.0 Å². The van der Waals surface area contributed by atoms with Gasteiger partial charge in [0, 0.05) is 18.7 Å². The van der Waals surface area contributed by atoms with E-state index in [0.717, 1.165) is 43.9 Å². The third-order valence-electron chi connectivity index (χ3n) is 3.46. The number of H-pyrrole nitrogens is 1. The van der Waals surface area contributed by atoms with Gasteiger partial charge in [0.1, 0.15) is 5.82 Å². The van der Waals surface area contributed by atoms with Gasteiger partial charge in [-0.3, -0.25) is 0 Å². The van der Waals surface area contributed by atoms with Crippen molar-refractivity contribution in [3.8, 4) is 0 Å². The molecule has 5 heteroatoms. The molecule has 0 saturated carbocycles. The van der Waals surface area contributed by atoms with Gasteiger partial charge in [-0.15, -0.1) is 0 Å². The zero-order chi connectivity index (χ0) is 11.7. The zero-order valence-electron chi connectivity index (χ0n) is 9.79. The Kier molecular flexibility index (Phi) is 3.11. The molecule has 3 heterocycles. The summed E-state index contributed by atoms with van der Waals surface area (Å²) in [5.41, 5.74) is 2.44. The molecule has 1 fully saturated rings. The largest absolute Gasteiger partial charge is 0.372 e. The second-order valence-corrected chi connectivity index (χ2v) is 5.06. The van der Waals surface area contributed by atoms with Crippen LogP contribution in [0, 0.1) is 4.77 Å². The van der Waals surface area contributed by atoms with Crippen molar-refractivity contribution >= 4 is 18.0 Å². The third-order valence-corrected chi connectivity index (χ3v) is 3.66. The molecule has 0 aliphatic carbocycles. The first-order valence-electron chi connectivity index (χ1n) is 6.33. The van der Waals surface area contributed by atoms with Crippen LogP contribution in [0.3, 0.4) is 0 Å². The van der Waals surface area contributed by atoms with Crippen LogP contribution in [0.5, 0.6) is 0 Å². The second kappa shape index (κ2) is 4.74. The number of aromatic nitrogens is 2. The average molecular weight is 251 g/mol. The topological polar surface area (TPSA) is 49.9 Å². The number of aromatic amines is 1. The second-order valence-electron chi connectivity index (χ2n) is 4.67. The van der Waals surface area contributed by atoms with Crippen molar-refractivity contribution in [2.45, 2.75) is 38.2 Å². The quantitative estimate of drug-likeness (QED) is 0.754. The Bertz CT molecular complexity index is 465. The van der Waals surface area contributed by atoms with Crippen LogP contribution >= 0.6 is 12.2 Å². The Morgan fingerprint density at radius 3 is 3.06 bits per heavy atom. The minimum absolute atomic E-state index is 0.188. The molecule has 0 spiro atoms. The van der Waals surface area contributed by atoms with E-state index in [2.05, 4.69) is 15.3 Å². The number of rotatable bonds is 1. The first kappa shape index (κ1) is 11.2. The van der Waals surface area contributed by atoms with Gasteiger partial charge in [-0.05, 0) is 44.3 Å². The fraction of sp³-hybridized carbons (Fsp3) is 0.667. The van der Waals surface area contributed by atoms with Crippen LogP contribution in [0.15, 0.2) is 0 Å². The SMILES string of the molecule is S=c1nc2c(c(C3CCCO3)[nH]1)CCCCN2. The first-order valence-corrected chi connectivity index (χ1v) is 6.74. The van der Waals surface area contributed by atoms with Crippen molar-refractivity contribution in [2.24, 2.45) is 0 Å². The van der Waals surface area contributed by atoms with Gasteiger partial charge in [0.2, 0.25) is 0 Å². The third kappa shape index (κ3) is 2.21. The molecule has 0 radical (unpaired) electrons. The highest BCUT2D eigenvalue weighted by atomic mass is 32.1. The Balaban J connectivity index is 2.06. The molecule has 92 valence electrons. The number of fused-ring (bicyclic) bond motifs is 1. The van der Waals surface area contributed by atoms with E-state index < -0.39 is 0 Å². The Morgan fingerprint density at radius 2 is 2.24 bits per heavy atom. The van der Waals surface area contributed by atoms with E-state index in [1.165, 1.54) is 18.4 Å². The van der Waals surface area contributed by atoms with Crippen LogP contribution in [-0.4, -0.2) is 23.1 Å². The summed E-state index contributed by atoms with van der Waals surface area (Å²) in [4.78, 5) is 7.64. The van der Waals surface area contributed by atoms with Crippen LogP contribution in [-0.2, 0) is 11.2 Å². The number of nitrogens with one attached hydrogen (secondary N) is 2. The summed E-state index contributed by atoms with van der Waals surface area (Å²) in [6.45, 7) is 1.85. The minimum atomic E-state index is 0.188. The summed E-state index contributed by atoms with van der Waals surface area (Å²) < 4.78 is 6.33. The molecule has 3 rings (SSSR count). The number of anilines is 1.